The van der Waals surface area contributed by atoms with Crippen LogP contribution in [-0.2, 0) is 17.9 Å². The van der Waals surface area contributed by atoms with Gasteiger partial charge in [-0.25, -0.2) is 0 Å². The van der Waals surface area contributed by atoms with Gasteiger partial charge in [-0.05, 0) is 36.4 Å². The number of rotatable bonds is 7. The van der Waals surface area contributed by atoms with Gasteiger partial charge < -0.3 is 24.3 Å². The summed E-state index contributed by atoms with van der Waals surface area (Å²) in [4.78, 5) is 15.0. The van der Waals surface area contributed by atoms with Gasteiger partial charge >= 0.3 is 0 Å². The molecule has 6 nitrogen and oxygen atoms in total. The molecule has 1 aromatic carbocycles. The molecule has 0 radical (unpaired) electrons. The van der Waals surface area contributed by atoms with E-state index in [-0.39, 0.29) is 5.91 Å². The summed E-state index contributed by atoms with van der Waals surface area (Å²) in [6.45, 7) is 6.27. The minimum atomic E-state index is 0.0880. The van der Waals surface area contributed by atoms with Gasteiger partial charge in [0.1, 0.15) is 44.2 Å². The predicted molar refractivity (Wildman–Crippen MR) is 93.5 cm³/mol. The van der Waals surface area contributed by atoms with Gasteiger partial charge in [0.2, 0.25) is 0 Å². The quantitative estimate of drug-likeness (QED) is 0.596. The topological polar surface area (TPSA) is 60.4 Å². The minimum absolute atomic E-state index is 0.0880. The molecule has 2 heterocycles. The number of piperazine rings is 1. The zero-order chi connectivity index (χ0) is 17.5. The molecule has 0 bridgehead atoms. The average molecular weight is 345 g/mol. The number of ether oxygens (including phenoxy) is 1. The van der Waals surface area contributed by atoms with Crippen molar-refractivity contribution in [2.75, 3.05) is 39.8 Å². The zero-order valence-corrected chi connectivity index (χ0v) is 14.7. The number of hydrogen-bond acceptors (Lipinski definition) is 3. The Morgan fingerprint density at radius 3 is 2.48 bits per heavy atom. The summed E-state index contributed by atoms with van der Waals surface area (Å²) in [5.41, 5.74) is 1.33. The Hall–Kier alpha value is -2.31. The number of benzene rings is 1. The van der Waals surface area contributed by atoms with Crippen LogP contribution in [0.2, 0.25) is 0 Å². The first-order valence-corrected chi connectivity index (χ1v) is 8.82. The Morgan fingerprint density at radius 2 is 1.84 bits per heavy atom. The molecule has 2 aromatic rings. The van der Waals surface area contributed by atoms with E-state index in [1.165, 1.54) is 10.5 Å². The van der Waals surface area contributed by atoms with Gasteiger partial charge in [-0.1, -0.05) is 0 Å². The molecule has 1 saturated heterocycles. The monoisotopic (exact) mass is 345 g/mol. The number of amides is 1. The highest BCUT2D eigenvalue weighted by Gasteiger charge is 2.24. The molecule has 0 atom stereocenters. The molecule has 6 heteroatoms. The molecule has 1 aliphatic heterocycles. The summed E-state index contributed by atoms with van der Waals surface area (Å²) in [6, 6.07) is 12.0. The van der Waals surface area contributed by atoms with Gasteiger partial charge in [-0.15, -0.1) is 0 Å². The van der Waals surface area contributed by atoms with Crippen LogP contribution in [0.1, 0.15) is 11.3 Å². The molecule has 1 aliphatic rings. The average Bonchev–Trinajstić information content (AvgIpc) is 3.16. The molecular weight excluding hydrogens is 318 g/mol. The predicted octanol–water partition coefficient (Wildman–Crippen LogP) is -1.11. The number of methoxy groups -OCH3 is 1. The molecule has 0 unspecified atom stereocenters. The van der Waals surface area contributed by atoms with E-state index in [9.17, 15) is 4.79 Å². The van der Waals surface area contributed by atoms with E-state index in [2.05, 4.69) is 17.4 Å². The summed E-state index contributed by atoms with van der Waals surface area (Å²) >= 11 is 0. The maximum atomic E-state index is 12.0. The van der Waals surface area contributed by atoms with E-state index in [0.29, 0.717) is 13.1 Å². The maximum absolute atomic E-state index is 12.0. The Kier molecular flexibility index (Phi) is 6.09. The lowest BCUT2D eigenvalue weighted by molar-refractivity contribution is -1.02. The molecule has 1 aromatic heterocycles. The van der Waals surface area contributed by atoms with E-state index < -0.39 is 0 Å². The van der Waals surface area contributed by atoms with Gasteiger partial charge in [0.05, 0.1) is 19.9 Å². The largest absolute Gasteiger partial charge is 0.497 e. The van der Waals surface area contributed by atoms with E-state index >= 15 is 0 Å². The SMILES string of the molecule is COc1ccc(C[NH+]2CC[NH+](CC(=O)NCc3ccco3)CC2)cc1. The van der Waals surface area contributed by atoms with Crippen molar-refractivity contribution in [1.29, 1.82) is 0 Å². The van der Waals surface area contributed by atoms with Crippen LogP contribution in [0, 0.1) is 0 Å². The van der Waals surface area contributed by atoms with Crippen LogP contribution in [0.25, 0.3) is 0 Å². The summed E-state index contributed by atoms with van der Waals surface area (Å²) in [5.74, 6) is 1.77. The molecule has 3 rings (SSSR count). The summed E-state index contributed by atoms with van der Waals surface area (Å²) in [6.07, 6.45) is 1.62. The van der Waals surface area contributed by atoms with Crippen LogP contribution >= 0.6 is 0 Å². The molecule has 25 heavy (non-hydrogen) atoms. The lowest BCUT2D eigenvalue weighted by Crippen LogP contribution is -3.28. The number of carbonyl (C=O) groups excluding carboxylic acids is 1. The molecule has 134 valence electrons. The molecule has 0 saturated carbocycles. The Labute approximate surface area is 148 Å². The zero-order valence-electron chi connectivity index (χ0n) is 14.7. The second-order valence-corrected chi connectivity index (χ2v) is 6.56. The van der Waals surface area contributed by atoms with Crippen LogP contribution in [0.5, 0.6) is 5.75 Å². The first-order chi connectivity index (χ1) is 12.2. The highest BCUT2D eigenvalue weighted by molar-refractivity contribution is 5.76. The Balaban J connectivity index is 1.37. The molecule has 1 amide bonds. The second kappa shape index (κ2) is 8.69. The van der Waals surface area contributed by atoms with Crippen LogP contribution < -0.4 is 19.9 Å². The third-order valence-corrected chi connectivity index (χ3v) is 4.73. The highest BCUT2D eigenvalue weighted by Crippen LogP contribution is 2.10. The maximum Gasteiger partial charge on any atom is 0.275 e. The fraction of sp³-hybridized carbons (Fsp3) is 0.421. The standard InChI is InChI=1S/C19H25N3O3/c1-24-17-6-4-16(5-7-17)14-21-8-10-22(11-9-21)15-19(23)20-13-18-3-2-12-25-18/h2-7,12H,8-11,13-15H2,1H3,(H,20,23)/p+2. The van der Waals surface area contributed by atoms with Crippen molar-refractivity contribution < 1.29 is 23.7 Å². The normalized spacial score (nSPS) is 20.2. The van der Waals surface area contributed by atoms with Gasteiger partial charge in [0.25, 0.3) is 5.91 Å². The third-order valence-electron chi connectivity index (χ3n) is 4.73. The summed E-state index contributed by atoms with van der Waals surface area (Å²) < 4.78 is 10.4. The van der Waals surface area contributed by atoms with Crippen molar-refractivity contribution in [3.05, 3.63) is 54.0 Å². The van der Waals surface area contributed by atoms with E-state index in [0.717, 1.165) is 44.2 Å². The van der Waals surface area contributed by atoms with Crippen LogP contribution in [0.4, 0.5) is 0 Å². The fourth-order valence-electron chi connectivity index (χ4n) is 3.23. The number of furan rings is 1. The summed E-state index contributed by atoms with van der Waals surface area (Å²) in [5, 5.41) is 2.92. The van der Waals surface area contributed by atoms with Crippen molar-refractivity contribution in [2.45, 2.75) is 13.1 Å². The van der Waals surface area contributed by atoms with Crippen LogP contribution in [0.3, 0.4) is 0 Å². The second-order valence-electron chi connectivity index (χ2n) is 6.56. The number of carbonyl (C=O) groups is 1. The first-order valence-electron chi connectivity index (χ1n) is 8.82. The van der Waals surface area contributed by atoms with Crippen molar-refractivity contribution >= 4 is 5.91 Å². The van der Waals surface area contributed by atoms with Crippen molar-refractivity contribution in [3.8, 4) is 5.75 Å². The smallest absolute Gasteiger partial charge is 0.275 e. The third kappa shape index (κ3) is 5.34. The Morgan fingerprint density at radius 1 is 1.12 bits per heavy atom. The molecule has 1 fully saturated rings. The first kappa shape index (κ1) is 17.5. The van der Waals surface area contributed by atoms with Crippen molar-refractivity contribution in [3.63, 3.8) is 0 Å². The fourth-order valence-corrected chi connectivity index (χ4v) is 3.23. The Bertz CT molecular complexity index is 647. The molecular formula is C19H27N3O3+2. The minimum Gasteiger partial charge on any atom is -0.497 e. The van der Waals surface area contributed by atoms with Crippen LogP contribution in [-0.4, -0.2) is 45.7 Å². The van der Waals surface area contributed by atoms with Gasteiger partial charge in [-0.3, -0.25) is 4.79 Å². The van der Waals surface area contributed by atoms with Crippen molar-refractivity contribution in [1.82, 2.24) is 5.32 Å². The van der Waals surface area contributed by atoms with Crippen LogP contribution in [0.15, 0.2) is 47.1 Å². The molecule has 3 N–H and O–H groups in total. The summed E-state index contributed by atoms with van der Waals surface area (Å²) in [7, 11) is 1.69. The van der Waals surface area contributed by atoms with E-state index in [1.807, 2.05) is 24.3 Å². The van der Waals surface area contributed by atoms with Gasteiger partial charge in [-0.2, -0.15) is 0 Å². The molecule has 0 spiro atoms. The van der Waals surface area contributed by atoms with Crippen molar-refractivity contribution in [2.24, 2.45) is 0 Å². The van der Waals surface area contributed by atoms with Gasteiger partial charge in [0.15, 0.2) is 6.54 Å². The highest BCUT2D eigenvalue weighted by atomic mass is 16.5. The molecule has 0 aliphatic carbocycles. The lowest BCUT2D eigenvalue weighted by atomic mass is 10.2. The van der Waals surface area contributed by atoms with E-state index in [4.69, 9.17) is 9.15 Å². The number of hydrogen-bond donors (Lipinski definition) is 3. The number of quaternary nitrogens is 2. The lowest BCUT2D eigenvalue weighted by Gasteiger charge is -2.29. The number of nitrogens with one attached hydrogen (secondary N) is 3. The van der Waals surface area contributed by atoms with E-state index in [1.54, 1.807) is 18.3 Å². The van der Waals surface area contributed by atoms with Gasteiger partial charge in [0, 0.05) is 5.56 Å².